The van der Waals surface area contributed by atoms with E-state index in [2.05, 4.69) is 66.6 Å². The summed E-state index contributed by atoms with van der Waals surface area (Å²) in [7, 11) is 0. The first-order valence-electron chi connectivity index (χ1n) is 10.7. The van der Waals surface area contributed by atoms with Crippen LogP contribution in [-0.4, -0.2) is 22.6 Å². The summed E-state index contributed by atoms with van der Waals surface area (Å²) < 4.78 is 0. The largest absolute Gasteiger partial charge is 0.478 e. The van der Waals surface area contributed by atoms with E-state index in [0.29, 0.717) is 17.9 Å². The number of aryl methyl sites for hydroxylation is 1. The van der Waals surface area contributed by atoms with Gasteiger partial charge in [0.2, 0.25) is 0 Å². The van der Waals surface area contributed by atoms with Crippen molar-refractivity contribution < 1.29 is 9.90 Å². The molecule has 30 heavy (non-hydrogen) atoms. The summed E-state index contributed by atoms with van der Waals surface area (Å²) in [6, 6.07) is 17.3. The highest BCUT2D eigenvalue weighted by Crippen LogP contribution is 2.34. The number of hydrogen-bond donors (Lipinski definition) is 2. The summed E-state index contributed by atoms with van der Waals surface area (Å²) in [6.07, 6.45) is 5.76. The van der Waals surface area contributed by atoms with Gasteiger partial charge in [-0.05, 0) is 71.2 Å². The van der Waals surface area contributed by atoms with Gasteiger partial charge in [-0.1, -0.05) is 56.3 Å². The number of nitrogens with one attached hydrogen (secondary N) is 1. The molecule has 0 unspecified atom stereocenters. The molecule has 0 amide bonds. The van der Waals surface area contributed by atoms with Crippen molar-refractivity contribution in [2.75, 3.05) is 6.54 Å². The molecule has 0 radical (unpaired) electrons. The van der Waals surface area contributed by atoms with Crippen molar-refractivity contribution in [3.8, 4) is 11.1 Å². The molecule has 154 valence electrons. The zero-order valence-corrected chi connectivity index (χ0v) is 17.6. The van der Waals surface area contributed by atoms with Crippen molar-refractivity contribution in [3.63, 3.8) is 0 Å². The van der Waals surface area contributed by atoms with Gasteiger partial charge in [0.1, 0.15) is 0 Å². The Balaban J connectivity index is 1.58. The van der Waals surface area contributed by atoms with E-state index in [1.165, 1.54) is 34.0 Å². The summed E-state index contributed by atoms with van der Waals surface area (Å²) >= 11 is 0. The first-order chi connectivity index (χ1) is 14.5. The molecule has 1 aromatic heterocycles. The normalized spacial score (nSPS) is 15.8. The second-order valence-electron chi connectivity index (χ2n) is 8.29. The zero-order valence-electron chi connectivity index (χ0n) is 17.6. The molecule has 2 heterocycles. The van der Waals surface area contributed by atoms with Gasteiger partial charge in [0, 0.05) is 18.4 Å². The Bertz CT molecular complexity index is 1060. The lowest BCUT2D eigenvalue weighted by molar-refractivity contribution is 0.0695. The van der Waals surface area contributed by atoms with Crippen molar-refractivity contribution >= 4 is 5.97 Å². The average molecular weight is 401 g/mol. The molecule has 1 atom stereocenters. The second-order valence-corrected chi connectivity index (χ2v) is 8.29. The first-order valence-corrected chi connectivity index (χ1v) is 10.7. The Hall–Kier alpha value is -2.98. The van der Waals surface area contributed by atoms with E-state index in [1.807, 2.05) is 0 Å². The minimum atomic E-state index is -0.891. The van der Waals surface area contributed by atoms with Crippen LogP contribution in [0.15, 0.2) is 60.9 Å². The minimum absolute atomic E-state index is 0.227. The van der Waals surface area contributed by atoms with E-state index >= 15 is 0 Å². The Morgan fingerprint density at radius 1 is 1.20 bits per heavy atom. The van der Waals surface area contributed by atoms with E-state index < -0.39 is 5.97 Å². The van der Waals surface area contributed by atoms with E-state index in [4.69, 9.17) is 0 Å². The number of hydrogen-bond acceptors (Lipinski definition) is 3. The van der Waals surface area contributed by atoms with Crippen molar-refractivity contribution in [1.82, 2.24) is 10.3 Å². The van der Waals surface area contributed by atoms with Crippen molar-refractivity contribution in [1.29, 1.82) is 0 Å². The molecule has 4 rings (SSSR count). The molecule has 1 aliphatic rings. The van der Waals surface area contributed by atoms with Gasteiger partial charge in [-0.25, -0.2) is 4.79 Å². The summed E-state index contributed by atoms with van der Waals surface area (Å²) in [5, 5.41) is 13.0. The Labute approximate surface area is 178 Å². The third-order valence-electron chi connectivity index (χ3n) is 6.03. The fraction of sp³-hybridized carbons (Fsp3) is 0.308. The van der Waals surface area contributed by atoms with Crippen LogP contribution in [0, 0.1) is 0 Å². The fourth-order valence-electron chi connectivity index (χ4n) is 4.48. The Morgan fingerprint density at radius 2 is 2.03 bits per heavy atom. The van der Waals surface area contributed by atoms with Gasteiger partial charge in [0.25, 0.3) is 0 Å². The number of benzene rings is 2. The Morgan fingerprint density at radius 3 is 2.83 bits per heavy atom. The van der Waals surface area contributed by atoms with Crippen LogP contribution < -0.4 is 5.32 Å². The van der Waals surface area contributed by atoms with Gasteiger partial charge in [0.05, 0.1) is 5.56 Å². The number of rotatable bonds is 6. The van der Waals surface area contributed by atoms with E-state index in [1.54, 1.807) is 12.3 Å². The quantitative estimate of drug-likeness (QED) is 0.582. The number of aromatic carboxylic acids is 1. The number of carbonyl (C=O) groups is 1. The lowest BCUT2D eigenvalue weighted by Crippen LogP contribution is -2.30. The maximum atomic E-state index is 11.5. The predicted molar refractivity (Wildman–Crippen MR) is 120 cm³/mol. The molecule has 0 fully saturated rings. The highest BCUT2D eigenvalue weighted by atomic mass is 16.4. The van der Waals surface area contributed by atoms with Gasteiger partial charge in [-0.15, -0.1) is 0 Å². The molecule has 1 aliphatic heterocycles. The van der Waals surface area contributed by atoms with E-state index in [-0.39, 0.29) is 6.04 Å². The van der Waals surface area contributed by atoms with Gasteiger partial charge in [-0.3, -0.25) is 4.98 Å². The highest BCUT2D eigenvalue weighted by molar-refractivity contribution is 5.89. The maximum Gasteiger partial charge on any atom is 0.336 e. The number of fused-ring (bicyclic) bond motifs is 1. The standard InChI is InChI=1S/C26H28N2O2/c1-17(2)21-5-3-4-6-22(21)18-7-9-23-19(15-18)11-14-28-25(23)10-8-20-16-27-13-12-24(20)26(29)30/h3-7,9,12-13,15-17,25,28H,8,10-11,14H2,1-2H3,(H,29,30)/t25-/m0/s1. The molecule has 2 aromatic carbocycles. The topological polar surface area (TPSA) is 62.2 Å². The molecule has 0 spiro atoms. The van der Waals surface area contributed by atoms with Crippen LogP contribution in [0.2, 0.25) is 0 Å². The number of carboxylic acid groups (broad SMARTS) is 1. The van der Waals surface area contributed by atoms with Crippen LogP contribution in [0.5, 0.6) is 0 Å². The molecule has 4 heteroatoms. The first kappa shape index (κ1) is 20.3. The van der Waals surface area contributed by atoms with Gasteiger partial charge >= 0.3 is 5.97 Å². The molecular weight excluding hydrogens is 372 g/mol. The smallest absolute Gasteiger partial charge is 0.336 e. The molecule has 0 saturated carbocycles. The van der Waals surface area contributed by atoms with Gasteiger partial charge < -0.3 is 10.4 Å². The van der Waals surface area contributed by atoms with Crippen molar-refractivity contribution in [2.45, 2.75) is 45.1 Å². The minimum Gasteiger partial charge on any atom is -0.478 e. The second kappa shape index (κ2) is 8.80. The number of aromatic nitrogens is 1. The van der Waals surface area contributed by atoms with Crippen molar-refractivity contribution in [3.05, 3.63) is 88.7 Å². The zero-order chi connectivity index (χ0) is 21.1. The summed E-state index contributed by atoms with van der Waals surface area (Å²) in [6.45, 7) is 5.41. The van der Waals surface area contributed by atoms with E-state index in [9.17, 15) is 9.90 Å². The van der Waals surface area contributed by atoms with Crippen LogP contribution >= 0.6 is 0 Å². The predicted octanol–water partition coefficient (Wildman–Crippen LogP) is 5.39. The van der Waals surface area contributed by atoms with Crippen LogP contribution in [0.4, 0.5) is 0 Å². The molecule has 0 bridgehead atoms. The van der Waals surface area contributed by atoms with Crippen molar-refractivity contribution in [2.24, 2.45) is 0 Å². The lowest BCUT2D eigenvalue weighted by atomic mass is 9.86. The molecule has 3 aromatic rings. The molecule has 2 N–H and O–H groups in total. The van der Waals surface area contributed by atoms with Crippen LogP contribution in [0.1, 0.15) is 64.8 Å². The van der Waals surface area contributed by atoms with E-state index in [0.717, 1.165) is 24.9 Å². The summed E-state index contributed by atoms with van der Waals surface area (Å²) in [4.78, 5) is 15.6. The number of nitrogens with zero attached hydrogens (tertiary/aromatic N) is 1. The maximum absolute atomic E-state index is 11.5. The third kappa shape index (κ3) is 4.14. The SMILES string of the molecule is CC(C)c1ccccc1-c1ccc2c(c1)CCN[C@H]2CCc1cnccc1C(=O)O. The van der Waals surface area contributed by atoms with Gasteiger partial charge in [-0.2, -0.15) is 0 Å². The third-order valence-corrected chi connectivity index (χ3v) is 6.03. The van der Waals surface area contributed by atoms with Gasteiger partial charge in [0.15, 0.2) is 0 Å². The monoisotopic (exact) mass is 400 g/mol. The highest BCUT2D eigenvalue weighted by Gasteiger charge is 2.21. The fourth-order valence-corrected chi connectivity index (χ4v) is 4.48. The molecule has 0 saturated heterocycles. The Kier molecular flexibility index (Phi) is 5.96. The molecular formula is C26H28N2O2. The lowest BCUT2D eigenvalue weighted by Gasteiger charge is -2.28. The number of carboxylic acids is 1. The summed E-state index contributed by atoms with van der Waals surface area (Å²) in [5.41, 5.74) is 7.82. The van der Waals surface area contributed by atoms with Crippen LogP contribution in [0.3, 0.4) is 0 Å². The summed E-state index contributed by atoms with van der Waals surface area (Å²) in [5.74, 6) is -0.410. The molecule has 0 aliphatic carbocycles. The van der Waals surface area contributed by atoms with Crippen LogP contribution in [0.25, 0.3) is 11.1 Å². The average Bonchev–Trinajstić information content (AvgIpc) is 2.77. The van der Waals surface area contributed by atoms with Crippen LogP contribution in [-0.2, 0) is 12.8 Å². The number of pyridine rings is 1. The molecule has 4 nitrogen and oxygen atoms in total.